The van der Waals surface area contributed by atoms with Crippen LogP contribution in [0.3, 0.4) is 0 Å². The summed E-state index contributed by atoms with van der Waals surface area (Å²) in [6.07, 6.45) is 0.786. The molecule has 1 aliphatic rings. The molecule has 0 radical (unpaired) electrons. The van der Waals surface area contributed by atoms with Crippen LogP contribution < -0.4 is 9.47 Å². The molecule has 0 N–H and O–H groups in total. The smallest absolute Gasteiger partial charge is 0.172 e. The first-order valence-electron chi connectivity index (χ1n) is 4.19. The Morgan fingerprint density at radius 2 is 2.38 bits per heavy atom. The van der Waals surface area contributed by atoms with Gasteiger partial charge in [0.25, 0.3) is 0 Å². The lowest BCUT2D eigenvalue weighted by Crippen LogP contribution is -2.26. The van der Waals surface area contributed by atoms with E-state index in [1.807, 2.05) is 6.92 Å². The number of ether oxygens (including phenoxy) is 2. The molecule has 0 bridgehead atoms. The summed E-state index contributed by atoms with van der Waals surface area (Å²) in [5.74, 6) is 1.22. The van der Waals surface area contributed by atoms with Gasteiger partial charge < -0.3 is 9.47 Å². The largest absolute Gasteiger partial charge is 0.486 e. The van der Waals surface area contributed by atoms with Gasteiger partial charge in [-0.2, -0.15) is 0 Å². The van der Waals surface area contributed by atoms with Crippen LogP contribution in [0.2, 0.25) is 0 Å². The lowest BCUT2D eigenvalue weighted by Gasteiger charge is -2.24. The van der Waals surface area contributed by atoms with Gasteiger partial charge >= 0.3 is 0 Å². The van der Waals surface area contributed by atoms with Crippen LogP contribution in [-0.2, 0) is 0 Å². The molecule has 1 atom stereocenters. The van der Waals surface area contributed by atoms with Crippen molar-refractivity contribution in [3.05, 3.63) is 23.8 Å². The fourth-order valence-electron chi connectivity index (χ4n) is 1.31. The molecular formula is C10H10O3. The summed E-state index contributed by atoms with van der Waals surface area (Å²) in [5.41, 5.74) is 0.545. The molecule has 0 amide bonds. The molecule has 13 heavy (non-hydrogen) atoms. The molecule has 3 heteroatoms. The highest BCUT2D eigenvalue weighted by molar-refractivity contribution is 5.81. The molecule has 1 aliphatic heterocycles. The van der Waals surface area contributed by atoms with Gasteiger partial charge in [0.15, 0.2) is 17.8 Å². The fourth-order valence-corrected chi connectivity index (χ4v) is 1.31. The van der Waals surface area contributed by atoms with Crippen LogP contribution in [0, 0.1) is 0 Å². The number of aldehydes is 1. The van der Waals surface area contributed by atoms with Crippen molar-refractivity contribution >= 4 is 6.29 Å². The third-order valence-electron chi connectivity index (χ3n) is 1.93. The topological polar surface area (TPSA) is 35.5 Å². The van der Waals surface area contributed by atoms with Crippen LogP contribution in [-0.4, -0.2) is 19.0 Å². The number of hydrogen-bond acceptors (Lipinski definition) is 3. The Kier molecular flexibility index (Phi) is 1.93. The molecule has 0 aliphatic carbocycles. The van der Waals surface area contributed by atoms with E-state index in [1.165, 1.54) is 0 Å². The van der Waals surface area contributed by atoms with Gasteiger partial charge in [-0.1, -0.05) is 6.07 Å². The first-order valence-corrected chi connectivity index (χ1v) is 4.19. The molecule has 1 unspecified atom stereocenters. The van der Waals surface area contributed by atoms with Crippen LogP contribution in [0.1, 0.15) is 17.3 Å². The van der Waals surface area contributed by atoms with Gasteiger partial charge in [-0.15, -0.1) is 0 Å². The predicted octanol–water partition coefficient (Wildman–Crippen LogP) is 1.66. The van der Waals surface area contributed by atoms with E-state index in [9.17, 15) is 4.79 Å². The lowest BCUT2D eigenvalue weighted by molar-refractivity contribution is 0.0989. The van der Waals surface area contributed by atoms with Gasteiger partial charge in [0.2, 0.25) is 0 Å². The van der Waals surface area contributed by atoms with E-state index in [2.05, 4.69) is 0 Å². The summed E-state index contributed by atoms with van der Waals surface area (Å²) in [5, 5.41) is 0. The Morgan fingerprint density at radius 3 is 3.15 bits per heavy atom. The summed E-state index contributed by atoms with van der Waals surface area (Å²) in [7, 11) is 0. The van der Waals surface area contributed by atoms with Gasteiger partial charge in [0.05, 0.1) is 5.56 Å². The van der Waals surface area contributed by atoms with Crippen molar-refractivity contribution in [2.24, 2.45) is 0 Å². The maximum absolute atomic E-state index is 10.6. The maximum Gasteiger partial charge on any atom is 0.172 e. The van der Waals surface area contributed by atoms with Crippen molar-refractivity contribution in [3.63, 3.8) is 0 Å². The standard InChI is InChI=1S/C10H10O3/c1-7-6-12-9-4-2-3-8(5-11)10(9)13-7/h2-5,7H,6H2,1H3. The molecule has 0 fully saturated rings. The van der Waals surface area contributed by atoms with Crippen molar-refractivity contribution in [2.45, 2.75) is 13.0 Å². The Bertz CT molecular complexity index is 333. The lowest BCUT2D eigenvalue weighted by atomic mass is 10.2. The van der Waals surface area contributed by atoms with Gasteiger partial charge in [-0.05, 0) is 19.1 Å². The van der Waals surface area contributed by atoms with Crippen molar-refractivity contribution in [3.8, 4) is 11.5 Å². The Hall–Kier alpha value is -1.51. The highest BCUT2D eigenvalue weighted by Gasteiger charge is 2.19. The molecule has 0 saturated carbocycles. The minimum Gasteiger partial charge on any atom is -0.486 e. The van der Waals surface area contributed by atoms with E-state index >= 15 is 0 Å². The second-order valence-corrected chi connectivity index (χ2v) is 3.03. The molecule has 2 rings (SSSR count). The minimum absolute atomic E-state index is 0.00796. The van der Waals surface area contributed by atoms with E-state index in [0.29, 0.717) is 23.7 Å². The molecule has 3 nitrogen and oxygen atoms in total. The quantitative estimate of drug-likeness (QED) is 0.613. The minimum atomic E-state index is 0.00796. The average Bonchev–Trinajstić information content (AvgIpc) is 2.17. The number of rotatable bonds is 1. The zero-order chi connectivity index (χ0) is 9.26. The average molecular weight is 178 g/mol. The van der Waals surface area contributed by atoms with Crippen molar-refractivity contribution in [1.82, 2.24) is 0 Å². The summed E-state index contributed by atoms with van der Waals surface area (Å²) < 4.78 is 10.9. The molecule has 1 aromatic rings. The Morgan fingerprint density at radius 1 is 1.54 bits per heavy atom. The third-order valence-corrected chi connectivity index (χ3v) is 1.93. The molecule has 1 heterocycles. The third kappa shape index (κ3) is 1.37. The van der Waals surface area contributed by atoms with Crippen LogP contribution in [0.15, 0.2) is 18.2 Å². The Balaban J connectivity index is 2.46. The summed E-state index contributed by atoms with van der Waals surface area (Å²) in [4.78, 5) is 10.6. The van der Waals surface area contributed by atoms with Gasteiger partial charge in [-0.3, -0.25) is 4.79 Å². The SMILES string of the molecule is CC1COc2cccc(C=O)c2O1. The van der Waals surface area contributed by atoms with Crippen molar-refractivity contribution in [2.75, 3.05) is 6.61 Å². The number of benzene rings is 1. The van der Waals surface area contributed by atoms with E-state index in [0.717, 1.165) is 6.29 Å². The molecular weight excluding hydrogens is 168 g/mol. The number of carbonyl (C=O) groups is 1. The van der Waals surface area contributed by atoms with Crippen LogP contribution in [0.4, 0.5) is 0 Å². The van der Waals surface area contributed by atoms with Crippen LogP contribution in [0.5, 0.6) is 11.5 Å². The van der Waals surface area contributed by atoms with Gasteiger partial charge in [0, 0.05) is 0 Å². The van der Waals surface area contributed by atoms with Crippen molar-refractivity contribution < 1.29 is 14.3 Å². The summed E-state index contributed by atoms with van der Waals surface area (Å²) in [6, 6.07) is 5.30. The molecule has 0 spiro atoms. The number of para-hydroxylation sites is 1. The predicted molar refractivity (Wildman–Crippen MR) is 47.4 cm³/mol. The zero-order valence-electron chi connectivity index (χ0n) is 7.32. The van der Waals surface area contributed by atoms with E-state index < -0.39 is 0 Å². The number of carbonyl (C=O) groups excluding carboxylic acids is 1. The maximum atomic E-state index is 10.6. The van der Waals surface area contributed by atoms with Crippen LogP contribution in [0.25, 0.3) is 0 Å². The second-order valence-electron chi connectivity index (χ2n) is 3.03. The highest BCUT2D eigenvalue weighted by Crippen LogP contribution is 2.33. The van der Waals surface area contributed by atoms with Gasteiger partial charge in [0.1, 0.15) is 12.7 Å². The van der Waals surface area contributed by atoms with E-state index in [4.69, 9.17) is 9.47 Å². The molecule has 1 aromatic carbocycles. The van der Waals surface area contributed by atoms with Crippen LogP contribution >= 0.6 is 0 Å². The van der Waals surface area contributed by atoms with Crippen molar-refractivity contribution in [1.29, 1.82) is 0 Å². The number of hydrogen-bond donors (Lipinski definition) is 0. The van der Waals surface area contributed by atoms with E-state index in [-0.39, 0.29) is 6.10 Å². The molecule has 0 aromatic heterocycles. The summed E-state index contributed by atoms with van der Waals surface area (Å²) in [6.45, 7) is 2.44. The highest BCUT2D eigenvalue weighted by atomic mass is 16.6. The Labute approximate surface area is 76.3 Å². The van der Waals surface area contributed by atoms with Gasteiger partial charge in [-0.25, -0.2) is 0 Å². The molecule has 0 saturated heterocycles. The normalized spacial score (nSPS) is 19.6. The van der Waals surface area contributed by atoms with E-state index in [1.54, 1.807) is 18.2 Å². The zero-order valence-corrected chi connectivity index (χ0v) is 7.32. The first-order chi connectivity index (χ1) is 6.31. The monoisotopic (exact) mass is 178 g/mol. The second kappa shape index (κ2) is 3.09. The number of fused-ring (bicyclic) bond motifs is 1. The summed E-state index contributed by atoms with van der Waals surface area (Å²) >= 11 is 0. The fraction of sp³-hybridized carbons (Fsp3) is 0.300. The molecule has 68 valence electrons. The first kappa shape index (κ1) is 8.10.